The molecule has 0 bridgehead atoms. The number of primary amides is 1. The van der Waals surface area contributed by atoms with E-state index in [0.29, 0.717) is 0 Å². The molecule has 0 aliphatic heterocycles. The Balaban J connectivity index is 2.98. The fraction of sp³-hybridized carbons (Fsp3) is 0.273. The first-order valence-electron chi connectivity index (χ1n) is 4.78. The number of aliphatic hydroxyl groups excluding tert-OH is 2. The van der Waals surface area contributed by atoms with Crippen molar-refractivity contribution < 1.29 is 19.4 Å². The topological polar surface area (TPSA) is 107 Å². The van der Waals surface area contributed by atoms with Crippen molar-refractivity contribution in [2.75, 3.05) is 0 Å². The molecule has 5 nitrogen and oxygen atoms in total. The first kappa shape index (κ1) is 13.1. The Hall–Kier alpha value is -1.97. The van der Waals surface area contributed by atoms with Gasteiger partial charge in [-0.05, 0) is 11.6 Å². The van der Waals surface area contributed by atoms with E-state index in [-0.39, 0.29) is 17.5 Å². The van der Waals surface area contributed by atoms with E-state index in [9.17, 15) is 19.4 Å². The number of carbonyl (C=O) groups is 1. The Bertz CT molecular complexity index is 470. The minimum atomic E-state index is -1.80. The summed E-state index contributed by atoms with van der Waals surface area (Å²) in [4.78, 5) is 10.6. The lowest BCUT2D eigenvalue weighted by molar-refractivity contribution is -0.131. The normalized spacial score (nSPS) is 13.8. The number of hydrogen-bond donors (Lipinski definition) is 3. The molecule has 2 atom stereocenters. The molecule has 0 radical (unpaired) electrons. The number of nitrogens with two attached hydrogens (primary N) is 1. The highest BCUT2D eigenvalue weighted by atomic mass is 19.1. The average Bonchev–Trinajstić information content (AvgIpc) is 2.30. The molecule has 0 fully saturated rings. The summed E-state index contributed by atoms with van der Waals surface area (Å²) in [6.07, 6.45) is -3.48. The summed E-state index contributed by atoms with van der Waals surface area (Å²) < 4.78 is 13.4. The first-order valence-corrected chi connectivity index (χ1v) is 4.78. The van der Waals surface area contributed by atoms with Gasteiger partial charge in [-0.25, -0.2) is 4.39 Å². The Morgan fingerprint density at radius 1 is 1.53 bits per heavy atom. The molecule has 1 aromatic rings. The number of hydrogen-bond acceptors (Lipinski definition) is 4. The number of nitriles is 1. The van der Waals surface area contributed by atoms with Gasteiger partial charge in [0.25, 0.3) is 0 Å². The fourth-order valence-electron chi connectivity index (χ4n) is 1.31. The first-order chi connectivity index (χ1) is 7.97. The number of nitrogens with zero attached hydrogens (tertiary/aromatic N) is 1. The van der Waals surface area contributed by atoms with Crippen LogP contribution in [0, 0.1) is 17.1 Å². The van der Waals surface area contributed by atoms with Crippen LogP contribution in [0.25, 0.3) is 0 Å². The average molecular weight is 238 g/mol. The second-order valence-corrected chi connectivity index (χ2v) is 3.48. The summed E-state index contributed by atoms with van der Waals surface area (Å²) in [5, 5.41) is 27.2. The number of rotatable bonds is 4. The van der Waals surface area contributed by atoms with E-state index in [1.165, 1.54) is 12.1 Å². The third-order valence-electron chi connectivity index (χ3n) is 2.28. The predicted molar refractivity (Wildman–Crippen MR) is 55.9 cm³/mol. The number of benzene rings is 1. The zero-order chi connectivity index (χ0) is 13.0. The summed E-state index contributed by atoms with van der Waals surface area (Å²) >= 11 is 0. The molecule has 0 spiro atoms. The number of aliphatic hydroxyl groups is 2. The molecule has 0 aliphatic rings. The summed E-state index contributed by atoms with van der Waals surface area (Å²) in [6, 6.07) is 5.39. The highest BCUT2D eigenvalue weighted by molar-refractivity contribution is 5.79. The third kappa shape index (κ3) is 3.00. The van der Waals surface area contributed by atoms with E-state index in [0.717, 1.165) is 6.07 Å². The lowest BCUT2D eigenvalue weighted by Gasteiger charge is -2.15. The summed E-state index contributed by atoms with van der Waals surface area (Å²) in [5.41, 5.74) is 5.01. The zero-order valence-corrected chi connectivity index (χ0v) is 8.80. The molecular formula is C11H11FN2O3. The number of amides is 1. The van der Waals surface area contributed by atoms with Crippen LogP contribution in [0.2, 0.25) is 0 Å². The standard InChI is InChI=1S/C11H11FN2O3/c12-8-5-7(2-1-6(8)3-4-13)9(15)10(16)11(14)17/h1-2,5,9-10,15-16H,3H2,(H2,14,17). The van der Waals surface area contributed by atoms with Crippen LogP contribution in [-0.4, -0.2) is 22.2 Å². The Morgan fingerprint density at radius 2 is 2.18 bits per heavy atom. The van der Waals surface area contributed by atoms with Crippen molar-refractivity contribution >= 4 is 5.91 Å². The molecule has 0 saturated carbocycles. The van der Waals surface area contributed by atoms with E-state index in [1.807, 2.05) is 0 Å². The summed E-state index contributed by atoms with van der Waals surface area (Å²) in [6.45, 7) is 0. The second kappa shape index (κ2) is 5.39. The zero-order valence-electron chi connectivity index (χ0n) is 8.80. The van der Waals surface area contributed by atoms with Crippen molar-refractivity contribution in [2.45, 2.75) is 18.6 Å². The second-order valence-electron chi connectivity index (χ2n) is 3.48. The van der Waals surface area contributed by atoms with Crippen LogP contribution in [0.3, 0.4) is 0 Å². The van der Waals surface area contributed by atoms with E-state index in [2.05, 4.69) is 0 Å². The molecule has 0 aromatic heterocycles. The van der Waals surface area contributed by atoms with Crippen molar-refractivity contribution in [3.63, 3.8) is 0 Å². The Morgan fingerprint density at radius 3 is 2.65 bits per heavy atom. The van der Waals surface area contributed by atoms with E-state index in [4.69, 9.17) is 11.0 Å². The SMILES string of the molecule is N#CCc1ccc(C(O)C(O)C(N)=O)cc1F. The third-order valence-corrected chi connectivity index (χ3v) is 2.28. The summed E-state index contributed by atoms with van der Waals surface area (Å²) in [5.74, 6) is -1.78. The predicted octanol–water partition coefficient (Wildman–Crippen LogP) is -0.229. The van der Waals surface area contributed by atoms with Gasteiger partial charge in [0.1, 0.15) is 11.9 Å². The van der Waals surface area contributed by atoms with Crippen molar-refractivity contribution in [2.24, 2.45) is 5.73 Å². The van der Waals surface area contributed by atoms with Crippen LogP contribution in [0.4, 0.5) is 4.39 Å². The van der Waals surface area contributed by atoms with Crippen LogP contribution in [-0.2, 0) is 11.2 Å². The largest absolute Gasteiger partial charge is 0.385 e. The van der Waals surface area contributed by atoms with Gasteiger partial charge in [0.15, 0.2) is 6.10 Å². The number of carbonyl (C=O) groups excluding carboxylic acids is 1. The maximum Gasteiger partial charge on any atom is 0.249 e. The van der Waals surface area contributed by atoms with Gasteiger partial charge in [-0.1, -0.05) is 12.1 Å². The molecule has 4 N–H and O–H groups in total. The minimum absolute atomic E-state index is 0.0236. The number of halogens is 1. The summed E-state index contributed by atoms with van der Waals surface area (Å²) in [7, 11) is 0. The lowest BCUT2D eigenvalue weighted by Crippen LogP contribution is -2.33. The molecule has 1 rings (SSSR count). The maximum absolute atomic E-state index is 13.4. The van der Waals surface area contributed by atoms with Gasteiger partial charge in [0, 0.05) is 5.56 Å². The van der Waals surface area contributed by atoms with Crippen molar-refractivity contribution in [3.05, 3.63) is 35.1 Å². The van der Waals surface area contributed by atoms with Gasteiger partial charge in [0.05, 0.1) is 12.5 Å². The smallest absolute Gasteiger partial charge is 0.249 e. The van der Waals surface area contributed by atoms with Gasteiger partial charge in [-0.15, -0.1) is 0 Å². The highest BCUT2D eigenvalue weighted by Crippen LogP contribution is 2.20. The molecule has 6 heteroatoms. The lowest BCUT2D eigenvalue weighted by atomic mass is 10.0. The molecule has 1 aromatic carbocycles. The van der Waals surface area contributed by atoms with E-state index < -0.39 is 23.9 Å². The molecule has 0 saturated heterocycles. The molecule has 1 amide bonds. The van der Waals surface area contributed by atoms with Gasteiger partial charge in [-0.3, -0.25) is 4.79 Å². The molecule has 17 heavy (non-hydrogen) atoms. The fourth-order valence-corrected chi connectivity index (χ4v) is 1.31. The Kier molecular flexibility index (Phi) is 4.15. The molecular weight excluding hydrogens is 227 g/mol. The van der Waals surface area contributed by atoms with Crippen LogP contribution >= 0.6 is 0 Å². The minimum Gasteiger partial charge on any atom is -0.385 e. The quantitative estimate of drug-likeness (QED) is 0.673. The van der Waals surface area contributed by atoms with Crippen LogP contribution in [0.15, 0.2) is 18.2 Å². The van der Waals surface area contributed by atoms with Crippen LogP contribution in [0.1, 0.15) is 17.2 Å². The van der Waals surface area contributed by atoms with E-state index in [1.54, 1.807) is 6.07 Å². The monoisotopic (exact) mass is 238 g/mol. The van der Waals surface area contributed by atoms with Crippen molar-refractivity contribution in [1.29, 1.82) is 5.26 Å². The van der Waals surface area contributed by atoms with Gasteiger partial charge < -0.3 is 15.9 Å². The van der Waals surface area contributed by atoms with Gasteiger partial charge in [-0.2, -0.15) is 5.26 Å². The van der Waals surface area contributed by atoms with Gasteiger partial charge >= 0.3 is 0 Å². The Labute approximate surface area is 96.9 Å². The molecule has 0 aliphatic carbocycles. The van der Waals surface area contributed by atoms with Crippen LogP contribution in [0.5, 0.6) is 0 Å². The molecule has 2 unspecified atom stereocenters. The van der Waals surface area contributed by atoms with E-state index >= 15 is 0 Å². The van der Waals surface area contributed by atoms with Crippen molar-refractivity contribution in [3.8, 4) is 6.07 Å². The van der Waals surface area contributed by atoms with Crippen LogP contribution < -0.4 is 5.73 Å². The molecule has 90 valence electrons. The molecule has 0 heterocycles. The maximum atomic E-state index is 13.4. The highest BCUT2D eigenvalue weighted by Gasteiger charge is 2.24. The van der Waals surface area contributed by atoms with Gasteiger partial charge in [0.2, 0.25) is 5.91 Å². The van der Waals surface area contributed by atoms with Crippen molar-refractivity contribution in [1.82, 2.24) is 0 Å².